The van der Waals surface area contributed by atoms with Crippen molar-refractivity contribution in [2.45, 2.75) is 6.54 Å². The van der Waals surface area contributed by atoms with Crippen molar-refractivity contribution in [1.29, 1.82) is 0 Å². The van der Waals surface area contributed by atoms with Crippen LogP contribution in [-0.4, -0.2) is 40.6 Å². The van der Waals surface area contributed by atoms with E-state index in [0.29, 0.717) is 24.5 Å². The van der Waals surface area contributed by atoms with Gasteiger partial charge in [0.05, 0.1) is 25.4 Å². The van der Waals surface area contributed by atoms with Crippen LogP contribution in [0.2, 0.25) is 0 Å². The average molecular weight is 290 g/mol. The van der Waals surface area contributed by atoms with Crippen LogP contribution in [0.15, 0.2) is 30.5 Å². The molecule has 0 fully saturated rings. The number of carbonyl (C=O) groups is 2. The SMILES string of the molecule is COC(=O)c1cccc(OCCn2cc(C(N)=O)nn2)c1. The maximum atomic E-state index is 11.4. The molecule has 1 amide bonds. The summed E-state index contributed by atoms with van der Waals surface area (Å²) in [5.74, 6) is -0.524. The molecule has 8 heteroatoms. The number of hydrogen-bond acceptors (Lipinski definition) is 6. The van der Waals surface area contributed by atoms with Gasteiger partial charge in [-0.15, -0.1) is 5.10 Å². The zero-order valence-electron chi connectivity index (χ0n) is 11.4. The highest BCUT2D eigenvalue weighted by Gasteiger charge is 2.07. The normalized spacial score (nSPS) is 10.1. The van der Waals surface area contributed by atoms with Crippen molar-refractivity contribution in [2.24, 2.45) is 5.73 Å². The number of rotatable bonds is 6. The third kappa shape index (κ3) is 3.78. The molecule has 0 saturated heterocycles. The maximum absolute atomic E-state index is 11.4. The second kappa shape index (κ2) is 6.51. The van der Waals surface area contributed by atoms with E-state index in [1.54, 1.807) is 24.3 Å². The minimum Gasteiger partial charge on any atom is -0.492 e. The van der Waals surface area contributed by atoms with Gasteiger partial charge in [-0.3, -0.25) is 4.79 Å². The number of carbonyl (C=O) groups excluding carboxylic acids is 2. The molecule has 0 bridgehead atoms. The lowest BCUT2D eigenvalue weighted by Gasteiger charge is -2.07. The predicted octanol–water partition coefficient (Wildman–Crippen LogP) is 0.243. The van der Waals surface area contributed by atoms with Gasteiger partial charge in [0.15, 0.2) is 5.69 Å². The molecule has 1 aromatic carbocycles. The van der Waals surface area contributed by atoms with E-state index < -0.39 is 11.9 Å². The highest BCUT2D eigenvalue weighted by molar-refractivity contribution is 5.90. The molecule has 21 heavy (non-hydrogen) atoms. The number of esters is 1. The Morgan fingerprint density at radius 1 is 1.38 bits per heavy atom. The second-order valence-electron chi connectivity index (χ2n) is 4.10. The van der Waals surface area contributed by atoms with Crippen molar-refractivity contribution in [3.8, 4) is 5.75 Å². The van der Waals surface area contributed by atoms with Gasteiger partial charge >= 0.3 is 5.97 Å². The standard InChI is InChI=1S/C13H14N4O4/c1-20-13(19)9-3-2-4-10(7-9)21-6-5-17-8-11(12(14)18)15-16-17/h2-4,7-8H,5-6H2,1H3,(H2,14,18). The van der Waals surface area contributed by atoms with Gasteiger partial charge in [0.25, 0.3) is 5.91 Å². The number of nitrogens with two attached hydrogens (primary N) is 1. The fraction of sp³-hybridized carbons (Fsp3) is 0.231. The van der Waals surface area contributed by atoms with Crippen molar-refractivity contribution in [3.05, 3.63) is 41.7 Å². The van der Waals surface area contributed by atoms with Crippen LogP contribution in [0.3, 0.4) is 0 Å². The summed E-state index contributed by atoms with van der Waals surface area (Å²) in [5, 5.41) is 7.35. The molecule has 0 atom stereocenters. The summed E-state index contributed by atoms with van der Waals surface area (Å²) in [7, 11) is 1.32. The zero-order valence-corrected chi connectivity index (χ0v) is 11.4. The molecular weight excluding hydrogens is 276 g/mol. The Kier molecular flexibility index (Phi) is 4.50. The lowest BCUT2D eigenvalue weighted by atomic mass is 10.2. The highest BCUT2D eigenvalue weighted by Crippen LogP contribution is 2.14. The monoisotopic (exact) mass is 290 g/mol. The molecule has 0 spiro atoms. The van der Waals surface area contributed by atoms with Crippen LogP contribution in [-0.2, 0) is 11.3 Å². The molecule has 0 saturated carbocycles. The van der Waals surface area contributed by atoms with Gasteiger partial charge < -0.3 is 15.2 Å². The van der Waals surface area contributed by atoms with Crippen molar-refractivity contribution in [2.75, 3.05) is 13.7 Å². The Morgan fingerprint density at radius 2 is 2.19 bits per heavy atom. The van der Waals surface area contributed by atoms with E-state index in [4.69, 9.17) is 10.5 Å². The molecule has 2 rings (SSSR count). The summed E-state index contributed by atoms with van der Waals surface area (Å²) in [6.07, 6.45) is 1.44. The molecule has 1 aromatic heterocycles. The molecule has 0 aliphatic carbocycles. The van der Waals surface area contributed by atoms with Crippen LogP contribution in [0.25, 0.3) is 0 Å². The summed E-state index contributed by atoms with van der Waals surface area (Å²) in [6.45, 7) is 0.689. The zero-order chi connectivity index (χ0) is 15.2. The number of nitrogens with zero attached hydrogens (tertiary/aromatic N) is 3. The first-order valence-electron chi connectivity index (χ1n) is 6.11. The highest BCUT2D eigenvalue weighted by atomic mass is 16.5. The predicted molar refractivity (Wildman–Crippen MR) is 71.8 cm³/mol. The fourth-order valence-electron chi connectivity index (χ4n) is 1.61. The van der Waals surface area contributed by atoms with Gasteiger partial charge in [-0.1, -0.05) is 11.3 Å². The molecule has 0 unspecified atom stereocenters. The van der Waals surface area contributed by atoms with Gasteiger partial charge in [-0.2, -0.15) is 0 Å². The van der Waals surface area contributed by atoms with Gasteiger partial charge in [-0.05, 0) is 18.2 Å². The molecule has 0 radical (unpaired) electrons. The van der Waals surface area contributed by atoms with E-state index in [1.165, 1.54) is 18.0 Å². The van der Waals surface area contributed by atoms with E-state index in [-0.39, 0.29) is 5.69 Å². The van der Waals surface area contributed by atoms with E-state index in [0.717, 1.165) is 0 Å². The molecular formula is C13H14N4O4. The molecule has 0 aliphatic rings. The van der Waals surface area contributed by atoms with E-state index in [2.05, 4.69) is 15.0 Å². The van der Waals surface area contributed by atoms with Crippen LogP contribution in [0.1, 0.15) is 20.8 Å². The number of benzene rings is 1. The number of hydrogen-bond donors (Lipinski definition) is 1. The largest absolute Gasteiger partial charge is 0.492 e. The van der Waals surface area contributed by atoms with Gasteiger partial charge in [0.1, 0.15) is 12.4 Å². The Bertz CT molecular complexity index is 653. The van der Waals surface area contributed by atoms with Crippen LogP contribution >= 0.6 is 0 Å². The Morgan fingerprint density at radius 3 is 2.86 bits per heavy atom. The van der Waals surface area contributed by atoms with Crippen molar-refractivity contribution < 1.29 is 19.1 Å². The van der Waals surface area contributed by atoms with E-state index in [9.17, 15) is 9.59 Å². The first-order chi connectivity index (χ1) is 10.1. The maximum Gasteiger partial charge on any atom is 0.337 e. The summed E-state index contributed by atoms with van der Waals surface area (Å²) in [6, 6.07) is 6.64. The van der Waals surface area contributed by atoms with Crippen LogP contribution in [0.5, 0.6) is 5.75 Å². The van der Waals surface area contributed by atoms with Gasteiger partial charge in [-0.25, -0.2) is 9.48 Å². The first-order valence-corrected chi connectivity index (χ1v) is 6.11. The van der Waals surface area contributed by atoms with Gasteiger partial charge in [0, 0.05) is 0 Å². The van der Waals surface area contributed by atoms with Gasteiger partial charge in [0.2, 0.25) is 0 Å². The van der Waals surface area contributed by atoms with Crippen molar-refractivity contribution in [3.63, 3.8) is 0 Å². The van der Waals surface area contributed by atoms with Crippen molar-refractivity contribution >= 4 is 11.9 Å². The van der Waals surface area contributed by atoms with Crippen LogP contribution < -0.4 is 10.5 Å². The number of aromatic nitrogens is 3. The summed E-state index contributed by atoms with van der Waals surface area (Å²) in [5.41, 5.74) is 5.58. The Labute approximate surface area is 120 Å². The molecule has 8 nitrogen and oxygen atoms in total. The molecule has 2 aromatic rings. The lowest BCUT2D eigenvalue weighted by Crippen LogP contribution is -2.11. The topological polar surface area (TPSA) is 109 Å². The number of primary amides is 1. The average Bonchev–Trinajstić information content (AvgIpc) is 2.96. The van der Waals surface area contributed by atoms with E-state index >= 15 is 0 Å². The first kappa shape index (κ1) is 14.5. The second-order valence-corrected chi connectivity index (χ2v) is 4.10. The molecule has 110 valence electrons. The van der Waals surface area contributed by atoms with Crippen LogP contribution in [0, 0.1) is 0 Å². The molecule has 1 heterocycles. The third-order valence-corrected chi connectivity index (χ3v) is 2.64. The van der Waals surface area contributed by atoms with Crippen molar-refractivity contribution in [1.82, 2.24) is 15.0 Å². The summed E-state index contributed by atoms with van der Waals surface area (Å²) in [4.78, 5) is 22.3. The Balaban J connectivity index is 1.91. The third-order valence-electron chi connectivity index (χ3n) is 2.64. The summed E-state index contributed by atoms with van der Waals surface area (Å²) < 4.78 is 11.6. The lowest BCUT2D eigenvalue weighted by molar-refractivity contribution is 0.0600. The molecule has 0 aliphatic heterocycles. The quantitative estimate of drug-likeness (QED) is 0.763. The summed E-state index contributed by atoms with van der Waals surface area (Å²) >= 11 is 0. The minimum absolute atomic E-state index is 0.0997. The number of amides is 1. The van der Waals surface area contributed by atoms with Crippen LogP contribution in [0.4, 0.5) is 0 Å². The number of ether oxygens (including phenoxy) is 2. The van der Waals surface area contributed by atoms with E-state index in [1.807, 2.05) is 0 Å². The smallest absolute Gasteiger partial charge is 0.337 e. The number of methoxy groups -OCH3 is 1. The minimum atomic E-state index is -0.632. The molecule has 2 N–H and O–H groups in total. The fourth-order valence-corrected chi connectivity index (χ4v) is 1.61. The Hall–Kier alpha value is -2.90.